The highest BCUT2D eigenvalue weighted by Crippen LogP contribution is 2.32. The second kappa shape index (κ2) is 8.13. The van der Waals surface area contributed by atoms with Crippen LogP contribution in [-0.2, 0) is 29.2 Å². The van der Waals surface area contributed by atoms with Gasteiger partial charge in [-0.3, -0.25) is 4.98 Å². The van der Waals surface area contributed by atoms with Gasteiger partial charge >= 0.3 is 0 Å². The fraction of sp³-hybridized carbons (Fsp3) is 0.286. The van der Waals surface area contributed by atoms with E-state index in [9.17, 15) is 9.50 Å². The monoisotopic (exact) mass is 353 g/mol. The number of hydrogen-bond donors (Lipinski definition) is 1. The average Bonchev–Trinajstić information content (AvgIpc) is 2.65. The third-order valence-corrected chi connectivity index (χ3v) is 4.13. The van der Waals surface area contributed by atoms with E-state index in [1.54, 1.807) is 12.3 Å². The SMILES string of the molecule is CCOOCc1cc(CC)c2cc(Cc3c#cc(F)cc3)cnc2c1O. The van der Waals surface area contributed by atoms with Gasteiger partial charge in [0, 0.05) is 29.1 Å². The van der Waals surface area contributed by atoms with E-state index in [1.165, 1.54) is 6.07 Å². The Balaban J connectivity index is 1.95. The third-order valence-electron chi connectivity index (χ3n) is 4.13. The number of benzene rings is 1. The molecular weight excluding hydrogens is 333 g/mol. The Labute approximate surface area is 152 Å². The van der Waals surface area contributed by atoms with Crippen LogP contribution in [0.2, 0.25) is 0 Å². The quantitative estimate of drug-likeness (QED) is 0.391. The summed E-state index contributed by atoms with van der Waals surface area (Å²) in [6.07, 6.45) is 3.07. The van der Waals surface area contributed by atoms with E-state index in [1.807, 2.05) is 26.0 Å². The van der Waals surface area contributed by atoms with Crippen LogP contribution in [0.5, 0.6) is 5.75 Å². The maximum absolute atomic E-state index is 13.0. The molecule has 0 aliphatic carbocycles. The molecule has 0 saturated heterocycles. The fourth-order valence-corrected chi connectivity index (χ4v) is 2.86. The van der Waals surface area contributed by atoms with Crippen LogP contribution in [0.15, 0.2) is 30.5 Å². The molecule has 134 valence electrons. The van der Waals surface area contributed by atoms with Crippen LogP contribution in [0.3, 0.4) is 0 Å². The molecule has 3 aromatic rings. The minimum Gasteiger partial charge on any atom is -0.505 e. The lowest BCUT2D eigenvalue weighted by Crippen LogP contribution is -1.99. The predicted molar refractivity (Wildman–Crippen MR) is 96.1 cm³/mol. The van der Waals surface area contributed by atoms with Crippen LogP contribution in [0.1, 0.15) is 36.1 Å². The summed E-state index contributed by atoms with van der Waals surface area (Å²) in [5.41, 5.74) is 4.04. The highest BCUT2D eigenvalue weighted by atomic mass is 19.1. The predicted octanol–water partition coefficient (Wildman–Crippen LogP) is 4.30. The topological polar surface area (TPSA) is 51.6 Å². The maximum atomic E-state index is 13.0. The molecule has 1 N–H and O–H groups in total. The molecule has 1 aromatic heterocycles. The number of aromatic hydroxyl groups is 1. The van der Waals surface area contributed by atoms with E-state index < -0.39 is 5.82 Å². The standard InChI is InChI=1S/C21H20FNO3/c1-3-16-11-17(13-26-25-4-2)21(24)20-19(16)10-15(12-23-20)9-14-5-7-18(22)8-6-14/h5,7,10-12,24H,3-4,9,13H2,1-2H3. The Kier molecular flexibility index (Phi) is 5.67. The van der Waals surface area contributed by atoms with E-state index in [-0.39, 0.29) is 12.4 Å². The lowest BCUT2D eigenvalue weighted by atomic mass is 9.98. The van der Waals surface area contributed by atoms with E-state index in [0.29, 0.717) is 24.1 Å². The molecule has 0 spiro atoms. The van der Waals surface area contributed by atoms with Crippen molar-refractivity contribution in [3.63, 3.8) is 0 Å². The van der Waals surface area contributed by atoms with Crippen molar-refractivity contribution < 1.29 is 19.3 Å². The molecule has 2 aromatic carbocycles. The lowest BCUT2D eigenvalue weighted by Gasteiger charge is -2.12. The number of aryl methyl sites for hydroxylation is 1. The summed E-state index contributed by atoms with van der Waals surface area (Å²) >= 11 is 0. The molecule has 0 aliphatic rings. The molecule has 0 bridgehead atoms. The largest absolute Gasteiger partial charge is 0.505 e. The summed E-state index contributed by atoms with van der Waals surface area (Å²) in [6, 6.07) is 12.2. The minimum atomic E-state index is -0.426. The molecule has 5 heteroatoms. The molecular formula is C21H20FNO3. The zero-order valence-corrected chi connectivity index (χ0v) is 14.8. The zero-order valence-electron chi connectivity index (χ0n) is 14.8. The summed E-state index contributed by atoms with van der Waals surface area (Å²) in [5, 5.41) is 11.4. The van der Waals surface area contributed by atoms with Crippen LogP contribution < -0.4 is 0 Å². The maximum Gasteiger partial charge on any atom is 0.173 e. The summed E-state index contributed by atoms with van der Waals surface area (Å²) in [5.74, 6) is -0.324. The first-order valence-corrected chi connectivity index (χ1v) is 8.57. The van der Waals surface area contributed by atoms with Crippen LogP contribution >= 0.6 is 0 Å². The van der Waals surface area contributed by atoms with Crippen LogP contribution in [0.4, 0.5) is 4.39 Å². The number of rotatable bonds is 7. The molecule has 0 amide bonds. The normalized spacial score (nSPS) is 10.9. The van der Waals surface area contributed by atoms with E-state index in [0.717, 1.165) is 28.5 Å². The molecule has 0 saturated carbocycles. The molecule has 0 aliphatic heterocycles. The van der Waals surface area contributed by atoms with Gasteiger partial charge in [-0.05, 0) is 54.8 Å². The van der Waals surface area contributed by atoms with Gasteiger partial charge in [0.25, 0.3) is 0 Å². The highest BCUT2D eigenvalue weighted by Gasteiger charge is 2.13. The van der Waals surface area contributed by atoms with Gasteiger partial charge in [0.15, 0.2) is 5.82 Å². The van der Waals surface area contributed by atoms with E-state index in [4.69, 9.17) is 9.78 Å². The molecule has 26 heavy (non-hydrogen) atoms. The zero-order chi connectivity index (χ0) is 18.5. The molecule has 1 heterocycles. The molecule has 0 unspecified atom stereocenters. The number of phenols is 1. The average molecular weight is 353 g/mol. The van der Waals surface area contributed by atoms with E-state index >= 15 is 0 Å². The van der Waals surface area contributed by atoms with Gasteiger partial charge in [-0.15, -0.1) is 0 Å². The highest BCUT2D eigenvalue weighted by molar-refractivity contribution is 5.89. The number of nitrogens with zero attached hydrogens (tertiary/aromatic N) is 1. The second-order valence-electron chi connectivity index (χ2n) is 5.94. The number of fused-ring (bicyclic) bond motifs is 1. The number of aromatic nitrogens is 1. The minimum absolute atomic E-state index is 0.102. The summed E-state index contributed by atoms with van der Waals surface area (Å²) < 4.78 is 13.0. The Morgan fingerprint density at radius 3 is 2.65 bits per heavy atom. The number of phenolic OH excluding ortho intramolecular Hbond substituents is 1. The van der Waals surface area contributed by atoms with Gasteiger partial charge in [0.05, 0.1) is 6.61 Å². The molecule has 0 atom stereocenters. The van der Waals surface area contributed by atoms with Crippen molar-refractivity contribution in [3.05, 3.63) is 70.7 Å². The van der Waals surface area contributed by atoms with Gasteiger partial charge in [0.2, 0.25) is 0 Å². The van der Waals surface area contributed by atoms with Crippen molar-refractivity contribution in [2.45, 2.75) is 33.3 Å². The van der Waals surface area contributed by atoms with Gasteiger partial charge in [-0.2, -0.15) is 4.39 Å². The summed E-state index contributed by atoms with van der Waals surface area (Å²) in [6.45, 7) is 4.48. The first-order valence-electron chi connectivity index (χ1n) is 8.57. The number of hydrogen-bond acceptors (Lipinski definition) is 4. The van der Waals surface area contributed by atoms with Crippen molar-refractivity contribution in [2.24, 2.45) is 0 Å². The number of halogens is 1. The Bertz CT molecular complexity index is 894. The van der Waals surface area contributed by atoms with Gasteiger partial charge < -0.3 is 5.11 Å². The van der Waals surface area contributed by atoms with Gasteiger partial charge in [0.1, 0.15) is 17.9 Å². The van der Waals surface area contributed by atoms with Gasteiger partial charge in [-0.1, -0.05) is 13.0 Å². The van der Waals surface area contributed by atoms with E-state index in [2.05, 4.69) is 17.1 Å². The van der Waals surface area contributed by atoms with Crippen LogP contribution in [-0.4, -0.2) is 16.7 Å². The molecule has 3 rings (SSSR count). The van der Waals surface area contributed by atoms with Crippen LogP contribution in [0.25, 0.3) is 10.9 Å². The molecule has 0 fully saturated rings. The van der Waals surface area contributed by atoms with Crippen molar-refractivity contribution in [3.8, 4) is 5.75 Å². The Morgan fingerprint density at radius 1 is 1.12 bits per heavy atom. The fourth-order valence-electron chi connectivity index (χ4n) is 2.86. The lowest BCUT2D eigenvalue weighted by molar-refractivity contribution is -0.300. The third kappa shape index (κ3) is 3.93. The summed E-state index contributed by atoms with van der Waals surface area (Å²) in [4.78, 5) is 14.4. The Morgan fingerprint density at radius 2 is 1.96 bits per heavy atom. The van der Waals surface area contributed by atoms with Crippen molar-refractivity contribution in [1.82, 2.24) is 4.98 Å². The first kappa shape index (κ1) is 18.1. The summed E-state index contributed by atoms with van der Waals surface area (Å²) in [7, 11) is 0. The van der Waals surface area contributed by atoms with Gasteiger partial charge in [-0.25, -0.2) is 9.78 Å². The second-order valence-corrected chi connectivity index (χ2v) is 5.94. The van der Waals surface area contributed by atoms with Crippen LogP contribution in [0, 0.1) is 17.9 Å². The number of pyridine rings is 1. The Hall–Kier alpha value is -2.68. The van der Waals surface area contributed by atoms with Crippen molar-refractivity contribution in [1.29, 1.82) is 0 Å². The van der Waals surface area contributed by atoms with Crippen molar-refractivity contribution >= 4 is 10.9 Å². The molecule has 0 radical (unpaired) electrons. The first-order chi connectivity index (χ1) is 12.6. The van der Waals surface area contributed by atoms with Crippen molar-refractivity contribution in [2.75, 3.05) is 6.61 Å². The smallest absolute Gasteiger partial charge is 0.173 e. The molecule has 4 nitrogen and oxygen atoms in total.